The zero-order valence-corrected chi connectivity index (χ0v) is 18.0. The summed E-state index contributed by atoms with van der Waals surface area (Å²) < 4.78 is 67.2. The van der Waals surface area contributed by atoms with Crippen molar-refractivity contribution in [3.05, 3.63) is 95.1 Å². The number of halogens is 5. The molecule has 1 atom stereocenters. The highest BCUT2D eigenvalue weighted by Gasteiger charge is 2.33. The summed E-state index contributed by atoms with van der Waals surface area (Å²) in [6, 6.07) is 12.8. The number of benzene rings is 3. The van der Waals surface area contributed by atoms with Crippen LogP contribution in [0.1, 0.15) is 16.7 Å². The van der Waals surface area contributed by atoms with Gasteiger partial charge in [-0.2, -0.15) is 13.2 Å². The molecule has 180 valence electrons. The van der Waals surface area contributed by atoms with Crippen LogP contribution in [0.15, 0.2) is 71.7 Å². The zero-order valence-electron chi connectivity index (χ0n) is 18.0. The lowest BCUT2D eigenvalue weighted by atomic mass is 10.00. The van der Waals surface area contributed by atoms with Crippen LogP contribution in [0.2, 0.25) is 0 Å². The van der Waals surface area contributed by atoms with E-state index in [1.807, 2.05) is 0 Å². The molecule has 2 N–H and O–H groups in total. The molecule has 1 heterocycles. The van der Waals surface area contributed by atoms with E-state index in [-0.39, 0.29) is 17.3 Å². The Morgan fingerprint density at radius 1 is 0.971 bits per heavy atom. The summed E-state index contributed by atoms with van der Waals surface area (Å²) in [5.41, 5.74) is -0.775. The minimum atomic E-state index is -4.83. The van der Waals surface area contributed by atoms with Crippen molar-refractivity contribution in [2.45, 2.75) is 12.3 Å². The standard InChI is InChI=1S/C24H17F5N4O2/c1-33-19-9-5-3-7-17(19)20(16-6-2-4-8-18(16)26)31-21(22(33)34)32-23(35)30-15-11-13(24(27,28)29)10-14(25)12-15/h2-12,21H,1H3,(H2,30,32,35). The smallest absolute Gasteiger partial charge is 0.311 e. The third kappa shape index (κ3) is 4.98. The number of nitrogens with one attached hydrogen (secondary N) is 2. The molecule has 3 aromatic rings. The SMILES string of the molecule is CN1C(=O)C(NC(=O)Nc2cc(F)cc(C(F)(F)F)c2)N=C(c2ccccc2F)c2ccccc21. The Hall–Kier alpha value is -4.28. The van der Waals surface area contributed by atoms with E-state index in [1.54, 1.807) is 30.3 Å². The number of anilines is 2. The average molecular weight is 488 g/mol. The molecule has 0 saturated carbocycles. The highest BCUT2D eigenvalue weighted by atomic mass is 19.4. The van der Waals surface area contributed by atoms with Gasteiger partial charge in [0.15, 0.2) is 0 Å². The normalized spacial score (nSPS) is 15.7. The first-order valence-electron chi connectivity index (χ1n) is 10.2. The van der Waals surface area contributed by atoms with Gasteiger partial charge in [0.25, 0.3) is 5.91 Å². The Kier molecular flexibility index (Phi) is 6.25. The van der Waals surface area contributed by atoms with Crippen LogP contribution in [0, 0.1) is 11.6 Å². The molecule has 1 aliphatic rings. The van der Waals surface area contributed by atoms with E-state index >= 15 is 0 Å². The molecular formula is C24H17F5N4O2. The molecule has 1 unspecified atom stereocenters. The minimum absolute atomic E-state index is 0.0789. The van der Waals surface area contributed by atoms with Gasteiger partial charge in [-0.15, -0.1) is 0 Å². The number of carbonyl (C=O) groups excluding carboxylic acids is 2. The number of alkyl halides is 3. The molecular weight excluding hydrogens is 471 g/mol. The number of likely N-dealkylation sites (N-methyl/N-ethyl adjacent to an activating group) is 1. The van der Waals surface area contributed by atoms with E-state index < -0.39 is 47.2 Å². The number of urea groups is 1. The number of hydrogen-bond acceptors (Lipinski definition) is 3. The number of carbonyl (C=O) groups is 2. The molecule has 0 aromatic heterocycles. The third-order valence-corrected chi connectivity index (χ3v) is 5.22. The van der Waals surface area contributed by atoms with Crippen LogP contribution >= 0.6 is 0 Å². The van der Waals surface area contributed by atoms with E-state index in [0.29, 0.717) is 23.4 Å². The van der Waals surface area contributed by atoms with Gasteiger partial charge in [0.1, 0.15) is 11.6 Å². The Morgan fingerprint density at radius 2 is 1.63 bits per heavy atom. The summed E-state index contributed by atoms with van der Waals surface area (Å²) in [6.07, 6.45) is -6.39. The van der Waals surface area contributed by atoms with Crippen LogP contribution in [-0.2, 0) is 11.0 Å². The third-order valence-electron chi connectivity index (χ3n) is 5.22. The molecule has 6 nitrogen and oxygen atoms in total. The summed E-state index contributed by atoms with van der Waals surface area (Å²) in [6.45, 7) is 0. The lowest BCUT2D eigenvalue weighted by Crippen LogP contribution is -2.47. The topological polar surface area (TPSA) is 73.8 Å². The molecule has 0 fully saturated rings. The first-order valence-corrected chi connectivity index (χ1v) is 10.2. The Morgan fingerprint density at radius 3 is 2.31 bits per heavy atom. The number of hydrogen-bond donors (Lipinski definition) is 2. The molecule has 3 aromatic carbocycles. The fraction of sp³-hybridized carbons (Fsp3) is 0.125. The van der Waals surface area contributed by atoms with E-state index in [2.05, 4.69) is 15.6 Å². The van der Waals surface area contributed by atoms with Crippen molar-refractivity contribution < 1.29 is 31.5 Å². The maximum absolute atomic E-state index is 14.6. The Balaban J connectivity index is 1.69. The second-order valence-corrected chi connectivity index (χ2v) is 7.60. The van der Waals surface area contributed by atoms with Crippen molar-refractivity contribution >= 4 is 29.0 Å². The summed E-state index contributed by atoms with van der Waals surface area (Å²) >= 11 is 0. The van der Waals surface area contributed by atoms with Gasteiger partial charge in [-0.3, -0.25) is 4.79 Å². The lowest BCUT2D eigenvalue weighted by molar-refractivity contribution is -0.137. The number of amides is 3. The van der Waals surface area contributed by atoms with Crippen molar-refractivity contribution in [1.82, 2.24) is 5.32 Å². The van der Waals surface area contributed by atoms with E-state index in [9.17, 15) is 31.5 Å². The van der Waals surface area contributed by atoms with E-state index in [4.69, 9.17) is 0 Å². The number of rotatable bonds is 3. The Labute approximate surface area is 196 Å². The van der Waals surface area contributed by atoms with Crippen molar-refractivity contribution in [1.29, 1.82) is 0 Å². The quantitative estimate of drug-likeness (QED) is 0.513. The number of fused-ring (bicyclic) bond motifs is 1. The maximum Gasteiger partial charge on any atom is 0.416 e. The molecule has 0 aliphatic carbocycles. The van der Waals surface area contributed by atoms with Crippen LogP contribution in [0.3, 0.4) is 0 Å². The van der Waals surface area contributed by atoms with Crippen LogP contribution in [-0.4, -0.2) is 30.9 Å². The molecule has 3 amide bonds. The van der Waals surface area contributed by atoms with Gasteiger partial charge in [0, 0.05) is 23.9 Å². The number of nitrogens with zero attached hydrogens (tertiary/aromatic N) is 2. The fourth-order valence-electron chi connectivity index (χ4n) is 3.60. The molecule has 4 rings (SSSR count). The van der Waals surface area contributed by atoms with Gasteiger partial charge in [-0.25, -0.2) is 18.6 Å². The minimum Gasteiger partial charge on any atom is -0.311 e. The van der Waals surface area contributed by atoms with Gasteiger partial charge < -0.3 is 15.5 Å². The number of benzodiazepines with no additional fused rings is 1. The van der Waals surface area contributed by atoms with Gasteiger partial charge >= 0.3 is 12.2 Å². The monoisotopic (exact) mass is 488 g/mol. The van der Waals surface area contributed by atoms with Crippen molar-refractivity contribution in [2.75, 3.05) is 17.3 Å². The zero-order chi connectivity index (χ0) is 25.3. The van der Waals surface area contributed by atoms with Crippen molar-refractivity contribution in [3.63, 3.8) is 0 Å². The van der Waals surface area contributed by atoms with E-state index in [1.165, 1.54) is 30.1 Å². The van der Waals surface area contributed by atoms with Crippen LogP contribution in [0.25, 0.3) is 0 Å². The molecule has 35 heavy (non-hydrogen) atoms. The summed E-state index contributed by atoms with van der Waals surface area (Å²) in [4.78, 5) is 31.2. The summed E-state index contributed by atoms with van der Waals surface area (Å²) in [7, 11) is 1.44. The highest BCUT2D eigenvalue weighted by molar-refractivity contribution is 6.20. The number of aliphatic imine (C=N–C) groups is 1. The fourth-order valence-corrected chi connectivity index (χ4v) is 3.60. The average Bonchev–Trinajstić information content (AvgIpc) is 2.89. The van der Waals surface area contributed by atoms with Gasteiger partial charge in [0.2, 0.25) is 6.17 Å². The van der Waals surface area contributed by atoms with Crippen molar-refractivity contribution in [2.24, 2.45) is 4.99 Å². The predicted octanol–water partition coefficient (Wildman–Crippen LogP) is 4.95. The predicted molar refractivity (Wildman–Crippen MR) is 119 cm³/mol. The largest absolute Gasteiger partial charge is 0.416 e. The van der Waals surface area contributed by atoms with Crippen LogP contribution in [0.4, 0.5) is 38.1 Å². The number of para-hydroxylation sites is 1. The molecule has 0 bridgehead atoms. The molecule has 0 saturated heterocycles. The molecule has 0 spiro atoms. The lowest BCUT2D eigenvalue weighted by Gasteiger charge is -2.21. The molecule has 11 heteroatoms. The van der Waals surface area contributed by atoms with Crippen molar-refractivity contribution in [3.8, 4) is 0 Å². The second-order valence-electron chi connectivity index (χ2n) is 7.60. The van der Waals surface area contributed by atoms with Gasteiger partial charge in [-0.05, 0) is 36.4 Å². The Bertz CT molecular complexity index is 1340. The summed E-state index contributed by atoms with van der Waals surface area (Å²) in [5, 5.41) is 4.35. The van der Waals surface area contributed by atoms with E-state index in [0.717, 1.165) is 0 Å². The first kappa shape index (κ1) is 23.9. The molecule has 0 radical (unpaired) electrons. The maximum atomic E-state index is 14.6. The second kappa shape index (κ2) is 9.16. The van der Waals surface area contributed by atoms with Crippen LogP contribution in [0.5, 0.6) is 0 Å². The van der Waals surface area contributed by atoms with Crippen LogP contribution < -0.4 is 15.5 Å². The molecule has 1 aliphatic heterocycles. The summed E-state index contributed by atoms with van der Waals surface area (Å²) in [5.74, 6) is -2.51. The van der Waals surface area contributed by atoms with Gasteiger partial charge in [0.05, 0.1) is 17.0 Å². The highest BCUT2D eigenvalue weighted by Crippen LogP contribution is 2.32. The first-order chi connectivity index (χ1) is 16.5. The van der Waals surface area contributed by atoms with Gasteiger partial charge in [-0.1, -0.05) is 30.3 Å².